The Morgan fingerprint density at radius 3 is 2.50 bits per heavy atom. The summed E-state index contributed by atoms with van der Waals surface area (Å²) in [4.78, 5) is 10.8. The van der Waals surface area contributed by atoms with E-state index in [1.807, 2.05) is 6.07 Å². The number of hydrogen-bond donors (Lipinski definition) is 2. The molecule has 4 heteroatoms. The van der Waals surface area contributed by atoms with Crippen LogP contribution in [0.5, 0.6) is 0 Å². The molecule has 0 aromatic heterocycles. The van der Waals surface area contributed by atoms with Crippen molar-refractivity contribution in [3.63, 3.8) is 0 Å². The van der Waals surface area contributed by atoms with Crippen LogP contribution in [0.4, 0.5) is 5.69 Å². The van der Waals surface area contributed by atoms with Crippen molar-refractivity contribution < 1.29 is 9.90 Å². The van der Waals surface area contributed by atoms with Crippen LogP contribution in [0.3, 0.4) is 0 Å². The Balaban J connectivity index is 1.81. The molecule has 0 saturated carbocycles. The largest absolute Gasteiger partial charge is 0.478 e. The van der Waals surface area contributed by atoms with Gasteiger partial charge in [-0.25, -0.2) is 4.79 Å². The van der Waals surface area contributed by atoms with Gasteiger partial charge in [0, 0.05) is 5.56 Å². The molecule has 0 aliphatic heterocycles. The number of anilines is 1. The van der Waals surface area contributed by atoms with Crippen LogP contribution in [0.2, 0.25) is 0 Å². The molecular formula is C18H18N2O2. The van der Waals surface area contributed by atoms with Crippen LogP contribution in [-0.4, -0.2) is 16.8 Å². The number of carboxylic acids is 1. The molecule has 0 saturated heterocycles. The second kappa shape index (κ2) is 6.43. The maximum Gasteiger partial charge on any atom is 0.335 e. The SMILES string of the molecule is O=C(O)c1ccc(N/N=C2\CCCCc3ccccc32)cc1. The number of nitrogens with zero attached hydrogens (tertiary/aromatic N) is 1. The molecule has 112 valence electrons. The van der Waals surface area contributed by atoms with Gasteiger partial charge >= 0.3 is 5.97 Å². The maximum atomic E-state index is 10.8. The van der Waals surface area contributed by atoms with Crippen molar-refractivity contribution in [2.24, 2.45) is 5.10 Å². The highest BCUT2D eigenvalue weighted by molar-refractivity contribution is 6.02. The minimum absolute atomic E-state index is 0.276. The van der Waals surface area contributed by atoms with Crippen LogP contribution < -0.4 is 5.43 Å². The number of nitrogens with one attached hydrogen (secondary N) is 1. The Bertz CT molecular complexity index is 705. The summed E-state index contributed by atoms with van der Waals surface area (Å²) in [6.07, 6.45) is 4.37. The zero-order valence-corrected chi connectivity index (χ0v) is 12.2. The fourth-order valence-electron chi connectivity index (χ4n) is 2.70. The molecule has 0 spiro atoms. The lowest BCUT2D eigenvalue weighted by Gasteiger charge is -2.08. The van der Waals surface area contributed by atoms with Gasteiger partial charge < -0.3 is 5.11 Å². The van der Waals surface area contributed by atoms with Crippen molar-refractivity contribution in [3.8, 4) is 0 Å². The van der Waals surface area contributed by atoms with Gasteiger partial charge in [-0.05, 0) is 55.5 Å². The third-order valence-electron chi connectivity index (χ3n) is 3.89. The number of hydrogen-bond acceptors (Lipinski definition) is 3. The van der Waals surface area contributed by atoms with Crippen LogP contribution in [0.1, 0.15) is 40.7 Å². The van der Waals surface area contributed by atoms with Gasteiger partial charge in [0.25, 0.3) is 0 Å². The average Bonchev–Trinajstić information content (AvgIpc) is 2.75. The van der Waals surface area contributed by atoms with E-state index in [0.29, 0.717) is 0 Å². The van der Waals surface area contributed by atoms with Crippen molar-refractivity contribution in [1.82, 2.24) is 0 Å². The molecule has 0 radical (unpaired) electrons. The third-order valence-corrected chi connectivity index (χ3v) is 3.89. The lowest BCUT2D eigenvalue weighted by molar-refractivity contribution is 0.0697. The van der Waals surface area contributed by atoms with E-state index in [-0.39, 0.29) is 5.56 Å². The second-order valence-electron chi connectivity index (χ2n) is 5.42. The number of carboxylic acid groups (broad SMARTS) is 1. The molecule has 22 heavy (non-hydrogen) atoms. The molecule has 2 aromatic rings. The summed E-state index contributed by atoms with van der Waals surface area (Å²) < 4.78 is 0. The Morgan fingerprint density at radius 2 is 1.73 bits per heavy atom. The third kappa shape index (κ3) is 3.17. The van der Waals surface area contributed by atoms with Gasteiger partial charge in [0.1, 0.15) is 0 Å². The molecule has 0 heterocycles. The minimum Gasteiger partial charge on any atom is -0.478 e. The van der Waals surface area contributed by atoms with Crippen molar-refractivity contribution in [2.75, 3.05) is 5.43 Å². The van der Waals surface area contributed by atoms with E-state index in [0.717, 1.165) is 30.7 Å². The molecule has 0 unspecified atom stereocenters. The fourth-order valence-corrected chi connectivity index (χ4v) is 2.70. The zero-order valence-electron chi connectivity index (χ0n) is 12.2. The smallest absolute Gasteiger partial charge is 0.335 e. The summed E-state index contributed by atoms with van der Waals surface area (Å²) >= 11 is 0. The van der Waals surface area contributed by atoms with E-state index in [2.05, 4.69) is 28.7 Å². The Morgan fingerprint density at radius 1 is 1.00 bits per heavy atom. The van der Waals surface area contributed by atoms with Crippen LogP contribution >= 0.6 is 0 Å². The van der Waals surface area contributed by atoms with Crippen molar-refractivity contribution in [3.05, 3.63) is 65.2 Å². The van der Waals surface area contributed by atoms with Gasteiger partial charge in [-0.3, -0.25) is 5.43 Å². The van der Waals surface area contributed by atoms with Crippen LogP contribution in [0.25, 0.3) is 0 Å². The molecule has 2 N–H and O–H groups in total. The van der Waals surface area contributed by atoms with Gasteiger partial charge in [0.05, 0.1) is 17.0 Å². The van der Waals surface area contributed by atoms with E-state index in [1.165, 1.54) is 17.5 Å². The molecule has 1 aliphatic carbocycles. The molecule has 3 rings (SSSR count). The van der Waals surface area contributed by atoms with Crippen molar-refractivity contribution in [1.29, 1.82) is 0 Å². The molecule has 0 bridgehead atoms. The lowest BCUT2D eigenvalue weighted by Crippen LogP contribution is -2.05. The predicted molar refractivity (Wildman–Crippen MR) is 87.6 cm³/mol. The number of benzene rings is 2. The molecule has 4 nitrogen and oxygen atoms in total. The second-order valence-corrected chi connectivity index (χ2v) is 5.42. The summed E-state index contributed by atoms with van der Waals surface area (Å²) in [7, 11) is 0. The van der Waals surface area contributed by atoms with Gasteiger partial charge in [-0.1, -0.05) is 24.3 Å². The number of aromatic carboxylic acids is 1. The van der Waals surface area contributed by atoms with Gasteiger partial charge in [0.2, 0.25) is 0 Å². The highest BCUT2D eigenvalue weighted by atomic mass is 16.4. The first-order valence-electron chi connectivity index (χ1n) is 7.48. The Labute approximate surface area is 129 Å². The summed E-state index contributed by atoms with van der Waals surface area (Å²) in [6, 6.07) is 15.0. The van der Waals surface area contributed by atoms with Gasteiger partial charge in [-0.2, -0.15) is 5.10 Å². The van der Waals surface area contributed by atoms with Gasteiger partial charge in [0.15, 0.2) is 0 Å². The molecular weight excluding hydrogens is 276 g/mol. The standard InChI is InChI=1S/C18H18N2O2/c21-18(22)14-9-11-15(12-10-14)19-20-17-8-4-2-6-13-5-1-3-7-16(13)17/h1,3,5,7,9-12,19H,2,4,6,8H2,(H,21,22)/b20-17+. The summed E-state index contributed by atoms with van der Waals surface area (Å²) in [5.74, 6) is -0.921. The number of fused-ring (bicyclic) bond motifs is 1. The average molecular weight is 294 g/mol. The number of carbonyl (C=O) groups is 1. The zero-order chi connectivity index (χ0) is 15.4. The fraction of sp³-hybridized carbons (Fsp3) is 0.222. The molecule has 1 aliphatic rings. The van der Waals surface area contributed by atoms with Crippen LogP contribution in [0, 0.1) is 0 Å². The number of aryl methyl sites for hydroxylation is 1. The minimum atomic E-state index is -0.921. The highest BCUT2D eigenvalue weighted by Gasteiger charge is 2.13. The van der Waals surface area contributed by atoms with Crippen LogP contribution in [-0.2, 0) is 6.42 Å². The van der Waals surface area contributed by atoms with Crippen molar-refractivity contribution >= 4 is 17.4 Å². The van der Waals surface area contributed by atoms with E-state index in [4.69, 9.17) is 5.11 Å². The van der Waals surface area contributed by atoms with Gasteiger partial charge in [-0.15, -0.1) is 0 Å². The topological polar surface area (TPSA) is 61.7 Å². The first kappa shape index (κ1) is 14.3. The normalized spacial score (nSPS) is 15.9. The van der Waals surface area contributed by atoms with E-state index in [1.54, 1.807) is 24.3 Å². The van der Waals surface area contributed by atoms with Crippen LogP contribution in [0.15, 0.2) is 53.6 Å². The first-order chi connectivity index (χ1) is 10.7. The lowest BCUT2D eigenvalue weighted by atomic mass is 10.0. The predicted octanol–water partition coefficient (Wildman–Crippen LogP) is 3.93. The van der Waals surface area contributed by atoms with Crippen molar-refractivity contribution in [2.45, 2.75) is 25.7 Å². The maximum absolute atomic E-state index is 10.8. The van der Waals surface area contributed by atoms with E-state index in [9.17, 15) is 4.79 Å². The molecule has 0 amide bonds. The van der Waals surface area contributed by atoms with E-state index < -0.39 is 5.97 Å². The summed E-state index contributed by atoms with van der Waals surface area (Å²) in [6.45, 7) is 0. The monoisotopic (exact) mass is 294 g/mol. The molecule has 0 atom stereocenters. The Kier molecular flexibility index (Phi) is 4.19. The molecule has 0 fully saturated rings. The quantitative estimate of drug-likeness (QED) is 0.666. The summed E-state index contributed by atoms with van der Waals surface area (Å²) in [5.41, 5.74) is 7.74. The Hall–Kier alpha value is -2.62. The number of rotatable bonds is 3. The number of hydrazone groups is 1. The van der Waals surface area contributed by atoms with E-state index >= 15 is 0 Å². The highest BCUT2D eigenvalue weighted by Crippen LogP contribution is 2.21. The summed E-state index contributed by atoms with van der Waals surface area (Å²) in [5, 5.41) is 13.5. The molecule has 2 aromatic carbocycles. The first-order valence-corrected chi connectivity index (χ1v) is 7.48.